The summed E-state index contributed by atoms with van der Waals surface area (Å²) in [6.07, 6.45) is 2.55. The van der Waals surface area contributed by atoms with Gasteiger partial charge in [-0.2, -0.15) is 11.3 Å². The zero-order chi connectivity index (χ0) is 9.64. The van der Waals surface area contributed by atoms with Crippen LogP contribution in [-0.2, 0) is 6.42 Å². The lowest BCUT2D eigenvalue weighted by atomic mass is 10.2. The van der Waals surface area contributed by atoms with Gasteiger partial charge >= 0.3 is 0 Å². The van der Waals surface area contributed by atoms with Crippen LogP contribution in [0.3, 0.4) is 0 Å². The lowest BCUT2D eigenvalue weighted by Gasteiger charge is -2.26. The Morgan fingerprint density at radius 2 is 2.21 bits per heavy atom. The Bertz CT molecular complexity index is 240. The molecule has 14 heavy (non-hydrogen) atoms. The van der Waals surface area contributed by atoms with E-state index in [2.05, 4.69) is 27.0 Å². The Morgan fingerprint density at radius 1 is 1.36 bits per heavy atom. The van der Waals surface area contributed by atoms with E-state index in [0.717, 1.165) is 0 Å². The van der Waals surface area contributed by atoms with Gasteiger partial charge in [-0.25, -0.2) is 0 Å². The van der Waals surface area contributed by atoms with Crippen molar-refractivity contribution in [3.8, 4) is 0 Å². The summed E-state index contributed by atoms with van der Waals surface area (Å²) >= 11 is 1.80. The molecule has 1 aliphatic rings. The van der Waals surface area contributed by atoms with Gasteiger partial charge in [0.25, 0.3) is 0 Å². The Hall–Kier alpha value is -0.380. The van der Waals surface area contributed by atoms with Crippen LogP contribution in [0, 0.1) is 0 Å². The first-order chi connectivity index (χ1) is 6.95. The summed E-state index contributed by atoms with van der Waals surface area (Å²) in [5.74, 6) is 0. The molecule has 0 radical (unpaired) electrons. The van der Waals surface area contributed by atoms with Crippen LogP contribution in [0.1, 0.15) is 12.0 Å². The first-order valence-electron chi connectivity index (χ1n) is 5.39. The molecule has 1 saturated heterocycles. The molecule has 0 aliphatic carbocycles. The van der Waals surface area contributed by atoms with Gasteiger partial charge in [-0.05, 0) is 41.8 Å². The molecule has 2 rings (SSSR count). The minimum absolute atomic E-state index is 1.17. The number of nitrogens with zero attached hydrogens (tertiary/aromatic N) is 1. The van der Waals surface area contributed by atoms with Gasteiger partial charge < -0.3 is 10.2 Å². The number of thiophene rings is 1. The summed E-state index contributed by atoms with van der Waals surface area (Å²) in [4.78, 5) is 2.56. The van der Waals surface area contributed by atoms with Crippen LogP contribution in [0.15, 0.2) is 16.8 Å². The molecular weight excluding hydrogens is 192 g/mol. The number of hydrogen-bond acceptors (Lipinski definition) is 3. The molecule has 1 aromatic rings. The van der Waals surface area contributed by atoms with Gasteiger partial charge in [-0.1, -0.05) is 0 Å². The highest BCUT2D eigenvalue weighted by Gasteiger charge is 2.08. The van der Waals surface area contributed by atoms with E-state index in [-0.39, 0.29) is 0 Å². The fourth-order valence-corrected chi connectivity index (χ4v) is 2.58. The quantitative estimate of drug-likeness (QED) is 0.812. The van der Waals surface area contributed by atoms with E-state index in [1.54, 1.807) is 11.3 Å². The van der Waals surface area contributed by atoms with Crippen molar-refractivity contribution in [3.63, 3.8) is 0 Å². The number of nitrogens with one attached hydrogen (secondary N) is 1. The van der Waals surface area contributed by atoms with Gasteiger partial charge in [-0.15, -0.1) is 0 Å². The van der Waals surface area contributed by atoms with Gasteiger partial charge in [-0.3, -0.25) is 0 Å². The molecule has 0 spiro atoms. The van der Waals surface area contributed by atoms with Gasteiger partial charge in [0.15, 0.2) is 0 Å². The monoisotopic (exact) mass is 210 g/mol. The van der Waals surface area contributed by atoms with Crippen molar-refractivity contribution < 1.29 is 0 Å². The molecule has 2 nitrogen and oxygen atoms in total. The van der Waals surface area contributed by atoms with Crippen LogP contribution < -0.4 is 5.32 Å². The third kappa shape index (κ3) is 3.08. The fourth-order valence-electron chi connectivity index (χ4n) is 1.88. The maximum Gasteiger partial charge on any atom is 0.0107 e. The first-order valence-corrected chi connectivity index (χ1v) is 6.33. The molecule has 0 amide bonds. The Morgan fingerprint density at radius 3 is 2.93 bits per heavy atom. The van der Waals surface area contributed by atoms with Gasteiger partial charge in [0.2, 0.25) is 0 Å². The molecule has 3 heteroatoms. The summed E-state index contributed by atoms with van der Waals surface area (Å²) in [7, 11) is 0. The van der Waals surface area contributed by atoms with E-state index in [0.29, 0.717) is 0 Å². The van der Waals surface area contributed by atoms with Crippen LogP contribution >= 0.6 is 11.3 Å². The molecule has 1 N–H and O–H groups in total. The van der Waals surface area contributed by atoms with E-state index < -0.39 is 0 Å². The molecule has 0 atom stereocenters. The largest absolute Gasteiger partial charge is 0.314 e. The summed E-state index contributed by atoms with van der Waals surface area (Å²) in [6.45, 7) is 6.04. The molecule has 1 fully saturated rings. The van der Waals surface area contributed by atoms with Crippen molar-refractivity contribution in [1.82, 2.24) is 10.2 Å². The predicted molar refractivity (Wildman–Crippen MR) is 61.9 cm³/mol. The Kier molecular flexibility index (Phi) is 3.98. The van der Waals surface area contributed by atoms with Crippen molar-refractivity contribution in [3.05, 3.63) is 22.4 Å². The van der Waals surface area contributed by atoms with Crippen LogP contribution in [0.2, 0.25) is 0 Å². The van der Waals surface area contributed by atoms with Gasteiger partial charge in [0.05, 0.1) is 0 Å². The second-order valence-electron chi connectivity index (χ2n) is 3.83. The lowest BCUT2D eigenvalue weighted by molar-refractivity contribution is 0.238. The smallest absolute Gasteiger partial charge is 0.0107 e. The predicted octanol–water partition coefficient (Wildman–Crippen LogP) is 1.59. The average molecular weight is 210 g/mol. The standard InChI is InChI=1S/C11H18N2S/c1(2-11-3-9-14-10-11)6-13-7-4-12-5-8-13/h3,9-10,12H,1-2,4-8H2. The summed E-state index contributed by atoms with van der Waals surface area (Å²) < 4.78 is 0. The SMILES string of the molecule is c1cc(CCCN2CCNCC2)cs1. The van der Waals surface area contributed by atoms with E-state index in [4.69, 9.17) is 0 Å². The normalized spacial score (nSPS) is 18.6. The van der Waals surface area contributed by atoms with E-state index in [9.17, 15) is 0 Å². The van der Waals surface area contributed by atoms with E-state index in [1.807, 2.05) is 0 Å². The summed E-state index contributed by atoms with van der Waals surface area (Å²) in [5, 5.41) is 7.81. The van der Waals surface area contributed by atoms with Crippen LogP contribution in [-0.4, -0.2) is 37.6 Å². The van der Waals surface area contributed by atoms with E-state index >= 15 is 0 Å². The molecule has 0 bridgehead atoms. The molecule has 0 saturated carbocycles. The topological polar surface area (TPSA) is 15.3 Å². The molecular formula is C11H18N2S. The summed E-state index contributed by atoms with van der Waals surface area (Å²) in [6, 6.07) is 2.24. The fraction of sp³-hybridized carbons (Fsp3) is 0.636. The summed E-state index contributed by atoms with van der Waals surface area (Å²) in [5.41, 5.74) is 1.50. The average Bonchev–Trinajstić information content (AvgIpc) is 2.72. The maximum absolute atomic E-state index is 3.38. The van der Waals surface area contributed by atoms with E-state index in [1.165, 1.54) is 51.1 Å². The zero-order valence-electron chi connectivity index (χ0n) is 8.54. The van der Waals surface area contributed by atoms with Crippen molar-refractivity contribution in [2.75, 3.05) is 32.7 Å². The Balaban J connectivity index is 1.62. The van der Waals surface area contributed by atoms with Crippen LogP contribution in [0.4, 0.5) is 0 Å². The Labute approximate surface area is 89.9 Å². The number of aryl methyl sites for hydroxylation is 1. The van der Waals surface area contributed by atoms with Crippen LogP contribution in [0.25, 0.3) is 0 Å². The maximum atomic E-state index is 3.38. The molecule has 1 aromatic heterocycles. The minimum Gasteiger partial charge on any atom is -0.314 e. The first kappa shape index (κ1) is 10.1. The number of rotatable bonds is 4. The third-order valence-corrected chi connectivity index (χ3v) is 3.46. The van der Waals surface area contributed by atoms with Crippen molar-refractivity contribution in [1.29, 1.82) is 0 Å². The van der Waals surface area contributed by atoms with Crippen molar-refractivity contribution >= 4 is 11.3 Å². The third-order valence-electron chi connectivity index (χ3n) is 2.73. The molecule has 2 heterocycles. The van der Waals surface area contributed by atoms with Gasteiger partial charge in [0.1, 0.15) is 0 Å². The number of piperazine rings is 1. The highest BCUT2D eigenvalue weighted by atomic mass is 32.1. The van der Waals surface area contributed by atoms with Crippen molar-refractivity contribution in [2.45, 2.75) is 12.8 Å². The molecule has 0 unspecified atom stereocenters. The van der Waals surface area contributed by atoms with Crippen molar-refractivity contribution in [2.24, 2.45) is 0 Å². The van der Waals surface area contributed by atoms with Gasteiger partial charge in [0, 0.05) is 26.2 Å². The molecule has 1 aliphatic heterocycles. The number of hydrogen-bond donors (Lipinski definition) is 1. The van der Waals surface area contributed by atoms with Crippen LogP contribution in [0.5, 0.6) is 0 Å². The lowest BCUT2D eigenvalue weighted by Crippen LogP contribution is -2.43. The second kappa shape index (κ2) is 5.49. The zero-order valence-corrected chi connectivity index (χ0v) is 9.35. The second-order valence-corrected chi connectivity index (χ2v) is 4.61. The highest BCUT2D eigenvalue weighted by Crippen LogP contribution is 2.08. The highest BCUT2D eigenvalue weighted by molar-refractivity contribution is 7.07. The molecule has 0 aromatic carbocycles. The minimum atomic E-state index is 1.17. The molecule has 78 valence electrons.